The maximum absolute atomic E-state index is 4.59. The minimum Gasteiger partial charge on any atom is -0.306 e. The number of hydrogen-bond acceptors (Lipinski definition) is 3. The smallest absolute Gasteiger partial charge is 0.0991 e. The normalized spacial score (nSPS) is 17.0. The maximum Gasteiger partial charge on any atom is 0.0991 e. The summed E-state index contributed by atoms with van der Waals surface area (Å²) in [5.74, 6) is 0. The maximum atomic E-state index is 4.59. The van der Waals surface area contributed by atoms with Gasteiger partial charge < -0.3 is 9.88 Å². The fraction of sp³-hybridized carbons (Fsp3) is 0.263. The molecular formula is C19H20N4. The van der Waals surface area contributed by atoms with Crippen LogP contribution in [0.25, 0.3) is 5.69 Å². The molecule has 1 N–H and O–H groups in total. The number of rotatable bonds is 4. The van der Waals surface area contributed by atoms with Gasteiger partial charge in [-0.15, -0.1) is 0 Å². The summed E-state index contributed by atoms with van der Waals surface area (Å²) < 4.78 is 2.01. The van der Waals surface area contributed by atoms with Crippen LogP contribution in [0.1, 0.15) is 35.7 Å². The molecule has 1 aromatic carbocycles. The predicted molar refractivity (Wildman–Crippen MR) is 90.3 cm³/mol. The van der Waals surface area contributed by atoms with Gasteiger partial charge in [-0.3, -0.25) is 4.98 Å². The van der Waals surface area contributed by atoms with Gasteiger partial charge >= 0.3 is 0 Å². The Morgan fingerprint density at radius 3 is 2.87 bits per heavy atom. The molecule has 116 valence electrons. The van der Waals surface area contributed by atoms with E-state index < -0.39 is 0 Å². The molecule has 0 saturated heterocycles. The Kier molecular flexibility index (Phi) is 3.90. The van der Waals surface area contributed by atoms with E-state index in [0.29, 0.717) is 6.04 Å². The summed E-state index contributed by atoms with van der Waals surface area (Å²) in [4.78, 5) is 8.67. The van der Waals surface area contributed by atoms with E-state index in [2.05, 4.69) is 45.6 Å². The van der Waals surface area contributed by atoms with Crippen molar-refractivity contribution >= 4 is 0 Å². The van der Waals surface area contributed by atoms with Gasteiger partial charge in [-0.05, 0) is 48.6 Å². The number of benzene rings is 1. The van der Waals surface area contributed by atoms with Gasteiger partial charge in [-0.25, -0.2) is 4.98 Å². The highest BCUT2D eigenvalue weighted by Crippen LogP contribution is 2.27. The zero-order valence-electron chi connectivity index (χ0n) is 13.0. The zero-order valence-corrected chi connectivity index (χ0v) is 13.0. The Bertz CT molecular complexity index is 762. The van der Waals surface area contributed by atoms with E-state index >= 15 is 0 Å². The van der Waals surface area contributed by atoms with Crippen molar-refractivity contribution < 1.29 is 0 Å². The fourth-order valence-electron chi connectivity index (χ4n) is 3.25. The van der Waals surface area contributed by atoms with Crippen LogP contribution in [0, 0.1) is 0 Å². The summed E-state index contributed by atoms with van der Waals surface area (Å²) in [5, 5.41) is 3.67. The number of aromatic nitrogens is 3. The van der Waals surface area contributed by atoms with E-state index in [1.807, 2.05) is 29.4 Å². The number of fused-ring (bicyclic) bond motifs is 1. The van der Waals surface area contributed by atoms with Gasteiger partial charge in [-0.1, -0.05) is 18.2 Å². The molecule has 0 bridgehead atoms. The first-order valence-electron chi connectivity index (χ1n) is 8.14. The van der Waals surface area contributed by atoms with Crippen molar-refractivity contribution in [3.8, 4) is 5.69 Å². The van der Waals surface area contributed by atoms with Crippen LogP contribution in [-0.2, 0) is 13.0 Å². The van der Waals surface area contributed by atoms with Gasteiger partial charge in [-0.2, -0.15) is 0 Å². The van der Waals surface area contributed by atoms with Crippen LogP contribution >= 0.6 is 0 Å². The van der Waals surface area contributed by atoms with Crippen LogP contribution in [-0.4, -0.2) is 14.5 Å². The second-order valence-electron chi connectivity index (χ2n) is 6.01. The third-order valence-corrected chi connectivity index (χ3v) is 4.49. The lowest BCUT2D eigenvalue weighted by Gasteiger charge is -2.25. The Balaban J connectivity index is 1.44. The summed E-state index contributed by atoms with van der Waals surface area (Å²) >= 11 is 0. The summed E-state index contributed by atoms with van der Waals surface area (Å²) in [6.07, 6.45) is 11.0. The minimum atomic E-state index is 0.369. The molecule has 3 aromatic rings. The van der Waals surface area contributed by atoms with Crippen molar-refractivity contribution in [1.82, 2.24) is 19.9 Å². The summed E-state index contributed by atoms with van der Waals surface area (Å²) in [6.45, 7) is 0.866. The predicted octanol–water partition coefficient (Wildman–Crippen LogP) is 3.43. The molecule has 1 aliphatic rings. The number of nitrogens with one attached hydrogen (secondary N) is 1. The van der Waals surface area contributed by atoms with Crippen LogP contribution in [0.4, 0.5) is 0 Å². The number of imidazole rings is 1. The van der Waals surface area contributed by atoms with Gasteiger partial charge in [0.1, 0.15) is 0 Å². The van der Waals surface area contributed by atoms with E-state index in [1.165, 1.54) is 23.2 Å². The quantitative estimate of drug-likeness (QED) is 0.803. The summed E-state index contributed by atoms with van der Waals surface area (Å²) in [7, 11) is 0. The van der Waals surface area contributed by atoms with Crippen LogP contribution in [0.3, 0.4) is 0 Å². The molecule has 0 saturated carbocycles. The lowest BCUT2D eigenvalue weighted by molar-refractivity contribution is 0.447. The van der Waals surface area contributed by atoms with E-state index in [-0.39, 0.29) is 0 Å². The second-order valence-corrected chi connectivity index (χ2v) is 6.01. The molecule has 0 amide bonds. The van der Waals surface area contributed by atoms with Gasteiger partial charge in [0.15, 0.2) is 0 Å². The van der Waals surface area contributed by atoms with E-state index in [1.54, 1.807) is 6.20 Å². The molecule has 4 nitrogen and oxygen atoms in total. The van der Waals surface area contributed by atoms with Crippen molar-refractivity contribution in [2.75, 3.05) is 0 Å². The molecule has 0 fully saturated rings. The van der Waals surface area contributed by atoms with Gasteiger partial charge in [0.2, 0.25) is 0 Å². The Labute approximate surface area is 136 Å². The molecule has 4 rings (SSSR count). The molecule has 1 unspecified atom stereocenters. The van der Waals surface area contributed by atoms with Crippen molar-refractivity contribution in [2.24, 2.45) is 0 Å². The highest BCUT2D eigenvalue weighted by molar-refractivity contribution is 5.34. The SMILES string of the molecule is c1cnc2c(c1)CCCC2NCc1ccc(-n2ccnc2)cc1. The molecule has 0 spiro atoms. The van der Waals surface area contributed by atoms with Crippen LogP contribution in [0.5, 0.6) is 0 Å². The Morgan fingerprint density at radius 1 is 1.13 bits per heavy atom. The Morgan fingerprint density at radius 2 is 2.04 bits per heavy atom. The van der Waals surface area contributed by atoms with Crippen molar-refractivity contribution in [1.29, 1.82) is 0 Å². The van der Waals surface area contributed by atoms with Gasteiger partial charge in [0, 0.05) is 30.8 Å². The minimum absolute atomic E-state index is 0.369. The molecule has 2 heterocycles. The third-order valence-electron chi connectivity index (χ3n) is 4.49. The van der Waals surface area contributed by atoms with E-state index in [0.717, 1.165) is 25.1 Å². The molecule has 0 radical (unpaired) electrons. The highest BCUT2D eigenvalue weighted by atomic mass is 15.0. The largest absolute Gasteiger partial charge is 0.306 e. The molecule has 23 heavy (non-hydrogen) atoms. The number of nitrogens with zero attached hydrogens (tertiary/aromatic N) is 3. The standard InChI is InChI=1S/C19H20N4/c1-3-16-4-2-10-21-19(16)18(5-1)22-13-15-6-8-17(9-7-15)23-12-11-20-14-23/h2,4,6-12,14,18,22H,1,3,5,13H2. The first-order valence-corrected chi connectivity index (χ1v) is 8.14. The lowest BCUT2D eigenvalue weighted by Crippen LogP contribution is -2.25. The second kappa shape index (κ2) is 6.34. The van der Waals surface area contributed by atoms with Crippen molar-refractivity contribution in [3.63, 3.8) is 0 Å². The summed E-state index contributed by atoms with van der Waals surface area (Å²) in [5.41, 5.74) is 5.05. The molecule has 4 heteroatoms. The molecule has 1 aliphatic carbocycles. The molecule has 1 atom stereocenters. The first kappa shape index (κ1) is 14.2. The van der Waals surface area contributed by atoms with Crippen molar-refractivity contribution in [3.05, 3.63) is 78.1 Å². The lowest BCUT2D eigenvalue weighted by atomic mass is 9.92. The van der Waals surface area contributed by atoms with Crippen LogP contribution in [0.15, 0.2) is 61.3 Å². The van der Waals surface area contributed by atoms with Gasteiger partial charge in [0.25, 0.3) is 0 Å². The van der Waals surface area contributed by atoms with Gasteiger partial charge in [0.05, 0.1) is 18.1 Å². The van der Waals surface area contributed by atoms with E-state index in [4.69, 9.17) is 0 Å². The average Bonchev–Trinajstić information content (AvgIpc) is 3.15. The highest BCUT2D eigenvalue weighted by Gasteiger charge is 2.20. The molecular weight excluding hydrogens is 284 g/mol. The van der Waals surface area contributed by atoms with Crippen LogP contribution < -0.4 is 5.32 Å². The first-order chi connectivity index (χ1) is 11.4. The fourth-order valence-corrected chi connectivity index (χ4v) is 3.25. The van der Waals surface area contributed by atoms with Crippen molar-refractivity contribution in [2.45, 2.75) is 31.8 Å². The summed E-state index contributed by atoms with van der Waals surface area (Å²) in [6, 6.07) is 13.2. The monoisotopic (exact) mass is 304 g/mol. The molecule has 0 aliphatic heterocycles. The third kappa shape index (κ3) is 3.03. The Hall–Kier alpha value is -2.46. The van der Waals surface area contributed by atoms with E-state index in [9.17, 15) is 0 Å². The number of aryl methyl sites for hydroxylation is 1. The molecule has 2 aromatic heterocycles. The number of hydrogen-bond donors (Lipinski definition) is 1. The average molecular weight is 304 g/mol. The topological polar surface area (TPSA) is 42.7 Å². The zero-order chi connectivity index (χ0) is 15.5. The number of pyridine rings is 1. The van der Waals surface area contributed by atoms with Crippen LogP contribution in [0.2, 0.25) is 0 Å².